The van der Waals surface area contributed by atoms with Crippen molar-refractivity contribution < 1.29 is 5.11 Å². The van der Waals surface area contributed by atoms with Gasteiger partial charge in [-0.15, -0.1) is 0 Å². The van der Waals surface area contributed by atoms with Crippen molar-refractivity contribution >= 4 is 0 Å². The largest absolute Gasteiger partial charge is 0.389 e. The minimum atomic E-state index is -0.239. The average Bonchev–Trinajstić information content (AvgIpc) is 2.14. The first kappa shape index (κ1) is 14.4. The van der Waals surface area contributed by atoms with Gasteiger partial charge in [0.15, 0.2) is 0 Å². The van der Waals surface area contributed by atoms with Gasteiger partial charge in [-0.2, -0.15) is 0 Å². The van der Waals surface area contributed by atoms with Gasteiger partial charge >= 0.3 is 0 Å². The van der Waals surface area contributed by atoms with Crippen LogP contribution in [0.1, 0.15) is 59.8 Å². The Morgan fingerprint density at radius 1 is 1.27 bits per heavy atom. The van der Waals surface area contributed by atoms with Crippen LogP contribution in [0, 0.1) is 0 Å². The van der Waals surface area contributed by atoms with E-state index in [1.807, 2.05) is 6.08 Å². The highest BCUT2D eigenvalue weighted by atomic mass is 16.3. The van der Waals surface area contributed by atoms with E-state index in [9.17, 15) is 5.11 Å². The Morgan fingerprint density at radius 2 is 1.93 bits per heavy atom. The molecule has 0 aromatic rings. The third-order valence-electron chi connectivity index (χ3n) is 2.42. The molecule has 0 saturated heterocycles. The molecule has 1 unspecified atom stereocenters. The topological polar surface area (TPSA) is 20.2 Å². The third-order valence-corrected chi connectivity index (χ3v) is 2.42. The van der Waals surface area contributed by atoms with Gasteiger partial charge in [0.1, 0.15) is 0 Å². The van der Waals surface area contributed by atoms with Gasteiger partial charge in [-0.25, -0.2) is 0 Å². The number of allylic oxidation sites excluding steroid dienone is 3. The van der Waals surface area contributed by atoms with E-state index in [0.717, 1.165) is 32.1 Å². The van der Waals surface area contributed by atoms with E-state index in [0.29, 0.717) is 0 Å². The zero-order valence-electron chi connectivity index (χ0n) is 10.7. The average molecular weight is 210 g/mol. The fraction of sp³-hybridized carbons (Fsp3) is 0.714. The summed E-state index contributed by atoms with van der Waals surface area (Å²) in [5.41, 5.74) is 2.67. The molecular formula is C14H26O. The number of hydrogen-bond donors (Lipinski definition) is 1. The molecule has 0 spiro atoms. The molecule has 1 heteroatoms. The molecule has 0 aliphatic heterocycles. The minimum absolute atomic E-state index is 0.239. The Hall–Kier alpha value is -0.560. The zero-order chi connectivity index (χ0) is 11.7. The van der Waals surface area contributed by atoms with E-state index >= 15 is 0 Å². The Bertz CT molecular complexity index is 209. The highest BCUT2D eigenvalue weighted by Crippen LogP contribution is 2.10. The lowest BCUT2D eigenvalue weighted by Crippen LogP contribution is -2.02. The van der Waals surface area contributed by atoms with Crippen molar-refractivity contribution in [1.82, 2.24) is 0 Å². The lowest BCUT2D eigenvalue weighted by molar-refractivity contribution is 0.208. The van der Waals surface area contributed by atoms with Gasteiger partial charge in [0.2, 0.25) is 0 Å². The Morgan fingerprint density at radius 3 is 2.47 bits per heavy atom. The van der Waals surface area contributed by atoms with Gasteiger partial charge in [-0.05, 0) is 40.0 Å². The zero-order valence-corrected chi connectivity index (χ0v) is 10.7. The summed E-state index contributed by atoms with van der Waals surface area (Å²) >= 11 is 0. The first-order valence-electron chi connectivity index (χ1n) is 6.05. The number of aliphatic hydroxyl groups is 1. The molecule has 88 valence electrons. The maximum atomic E-state index is 9.67. The van der Waals surface area contributed by atoms with Gasteiger partial charge in [0.05, 0.1) is 6.10 Å². The second kappa shape index (κ2) is 8.72. The van der Waals surface area contributed by atoms with Gasteiger partial charge in [0.25, 0.3) is 0 Å². The molecule has 1 atom stereocenters. The highest BCUT2D eigenvalue weighted by Gasteiger charge is 1.99. The molecule has 1 nitrogen and oxygen atoms in total. The fourth-order valence-electron chi connectivity index (χ4n) is 1.50. The number of hydrogen-bond acceptors (Lipinski definition) is 1. The van der Waals surface area contributed by atoms with Gasteiger partial charge in [0, 0.05) is 0 Å². The molecule has 0 bridgehead atoms. The standard InChI is InChI=1S/C14H26O/c1-5-6-10-14(15)11-13(4)9-7-8-12(2)3/h8,11,14-15H,5-7,9-10H2,1-4H3/b13-11-. The van der Waals surface area contributed by atoms with Crippen LogP contribution in [0.25, 0.3) is 0 Å². The van der Waals surface area contributed by atoms with E-state index in [2.05, 4.69) is 33.8 Å². The number of rotatable bonds is 7. The Kier molecular flexibility index (Phi) is 8.40. The first-order valence-corrected chi connectivity index (χ1v) is 6.05. The Balaban J connectivity index is 3.81. The molecule has 0 aliphatic rings. The second-order valence-electron chi connectivity index (χ2n) is 4.54. The fourth-order valence-corrected chi connectivity index (χ4v) is 1.50. The lowest BCUT2D eigenvalue weighted by Gasteiger charge is -2.06. The van der Waals surface area contributed by atoms with Crippen LogP contribution >= 0.6 is 0 Å². The van der Waals surface area contributed by atoms with Crippen molar-refractivity contribution in [3.05, 3.63) is 23.3 Å². The summed E-state index contributed by atoms with van der Waals surface area (Å²) in [6.45, 7) is 8.50. The molecule has 0 fully saturated rings. The summed E-state index contributed by atoms with van der Waals surface area (Å²) in [6.07, 6.45) is 9.33. The molecule has 0 aliphatic carbocycles. The van der Waals surface area contributed by atoms with E-state index in [1.165, 1.54) is 11.1 Å². The minimum Gasteiger partial charge on any atom is -0.389 e. The predicted molar refractivity (Wildman–Crippen MR) is 68.0 cm³/mol. The third kappa shape index (κ3) is 9.74. The second-order valence-corrected chi connectivity index (χ2v) is 4.54. The number of aliphatic hydroxyl groups excluding tert-OH is 1. The number of unbranched alkanes of at least 4 members (excludes halogenated alkanes) is 1. The van der Waals surface area contributed by atoms with Crippen molar-refractivity contribution in [2.24, 2.45) is 0 Å². The summed E-state index contributed by atoms with van der Waals surface area (Å²) in [6, 6.07) is 0. The summed E-state index contributed by atoms with van der Waals surface area (Å²) < 4.78 is 0. The monoisotopic (exact) mass is 210 g/mol. The van der Waals surface area contributed by atoms with Crippen molar-refractivity contribution in [1.29, 1.82) is 0 Å². The van der Waals surface area contributed by atoms with E-state index < -0.39 is 0 Å². The molecule has 0 aromatic heterocycles. The van der Waals surface area contributed by atoms with Crippen molar-refractivity contribution in [3.63, 3.8) is 0 Å². The summed E-state index contributed by atoms with van der Waals surface area (Å²) in [5, 5.41) is 9.67. The smallest absolute Gasteiger partial charge is 0.0723 e. The van der Waals surface area contributed by atoms with E-state index in [1.54, 1.807) is 0 Å². The van der Waals surface area contributed by atoms with Crippen molar-refractivity contribution in [2.75, 3.05) is 0 Å². The van der Waals surface area contributed by atoms with Crippen LogP contribution in [0.15, 0.2) is 23.3 Å². The molecule has 0 radical (unpaired) electrons. The Labute approximate surface area is 94.9 Å². The van der Waals surface area contributed by atoms with Gasteiger partial charge in [-0.3, -0.25) is 0 Å². The first-order chi connectivity index (χ1) is 7.06. The molecule has 1 N–H and O–H groups in total. The van der Waals surface area contributed by atoms with Crippen LogP contribution in [0.5, 0.6) is 0 Å². The molecule has 15 heavy (non-hydrogen) atoms. The van der Waals surface area contributed by atoms with Gasteiger partial charge in [-0.1, -0.05) is 43.1 Å². The molecule has 0 heterocycles. The summed E-state index contributed by atoms with van der Waals surface area (Å²) in [4.78, 5) is 0. The van der Waals surface area contributed by atoms with Crippen LogP contribution in [-0.4, -0.2) is 11.2 Å². The van der Waals surface area contributed by atoms with Crippen LogP contribution in [-0.2, 0) is 0 Å². The SMILES string of the molecule is CCCCC(O)/C=C(/C)CCC=C(C)C. The van der Waals surface area contributed by atoms with Gasteiger partial charge < -0.3 is 5.11 Å². The molecule has 0 amide bonds. The lowest BCUT2D eigenvalue weighted by atomic mass is 10.1. The molecule has 0 rings (SSSR count). The van der Waals surface area contributed by atoms with Crippen molar-refractivity contribution in [3.8, 4) is 0 Å². The quantitative estimate of drug-likeness (QED) is 0.623. The van der Waals surface area contributed by atoms with E-state index in [4.69, 9.17) is 0 Å². The predicted octanol–water partition coefficient (Wildman–Crippen LogP) is 4.23. The van der Waals surface area contributed by atoms with Crippen LogP contribution in [0.4, 0.5) is 0 Å². The summed E-state index contributed by atoms with van der Waals surface area (Å²) in [7, 11) is 0. The molecule has 0 saturated carbocycles. The summed E-state index contributed by atoms with van der Waals surface area (Å²) in [5.74, 6) is 0. The molecular weight excluding hydrogens is 184 g/mol. The van der Waals surface area contributed by atoms with Crippen LogP contribution < -0.4 is 0 Å². The van der Waals surface area contributed by atoms with Crippen LogP contribution in [0.2, 0.25) is 0 Å². The van der Waals surface area contributed by atoms with Crippen LogP contribution in [0.3, 0.4) is 0 Å². The maximum Gasteiger partial charge on any atom is 0.0723 e. The van der Waals surface area contributed by atoms with Crippen molar-refractivity contribution in [2.45, 2.75) is 65.9 Å². The normalized spacial score (nSPS) is 13.8. The maximum absolute atomic E-state index is 9.67. The highest BCUT2D eigenvalue weighted by molar-refractivity contribution is 5.04. The van der Waals surface area contributed by atoms with E-state index in [-0.39, 0.29) is 6.10 Å². The molecule has 0 aromatic carbocycles.